The predicted octanol–water partition coefficient (Wildman–Crippen LogP) is 3.17. The van der Waals surface area contributed by atoms with Gasteiger partial charge in [-0.3, -0.25) is 9.48 Å². The molecule has 2 saturated carbocycles. The molecule has 27 heavy (non-hydrogen) atoms. The average Bonchev–Trinajstić information content (AvgIpc) is 3.59. The van der Waals surface area contributed by atoms with Gasteiger partial charge in [-0.1, -0.05) is 0 Å². The fourth-order valence-electron chi connectivity index (χ4n) is 4.28. The van der Waals surface area contributed by atoms with Gasteiger partial charge in [-0.2, -0.15) is 5.10 Å². The monoisotopic (exact) mass is 367 g/mol. The molecule has 144 valence electrons. The molecule has 6 nitrogen and oxygen atoms in total. The van der Waals surface area contributed by atoms with Gasteiger partial charge in [0.25, 0.3) is 0 Å². The van der Waals surface area contributed by atoms with E-state index in [1.54, 1.807) is 0 Å². The molecular weight excluding hydrogens is 338 g/mol. The van der Waals surface area contributed by atoms with Crippen molar-refractivity contribution >= 4 is 5.91 Å². The lowest BCUT2D eigenvalue weighted by atomic mass is 10.0. The maximum atomic E-state index is 12.7. The Morgan fingerprint density at radius 2 is 2.00 bits per heavy atom. The van der Waals surface area contributed by atoms with Crippen molar-refractivity contribution in [3.05, 3.63) is 23.1 Å². The van der Waals surface area contributed by atoms with Crippen LogP contribution in [0.3, 0.4) is 0 Å². The number of hydrogen-bond acceptors (Lipinski definition) is 3. The van der Waals surface area contributed by atoms with Crippen molar-refractivity contribution in [1.82, 2.24) is 24.2 Å². The number of fused-ring (bicyclic) bond motifs is 1. The topological polar surface area (TPSA) is 56.0 Å². The van der Waals surface area contributed by atoms with Crippen molar-refractivity contribution in [2.75, 3.05) is 6.54 Å². The Bertz CT molecular complexity index is 872. The second kappa shape index (κ2) is 6.50. The molecular formula is C21H29N5O. The Hall–Kier alpha value is -2.11. The number of carbonyl (C=O) groups excluding carboxylic acids is 1. The molecule has 1 amide bonds. The van der Waals surface area contributed by atoms with E-state index in [0.29, 0.717) is 18.4 Å². The van der Waals surface area contributed by atoms with Crippen LogP contribution in [0.5, 0.6) is 0 Å². The molecule has 6 heteroatoms. The summed E-state index contributed by atoms with van der Waals surface area (Å²) in [6.07, 6.45) is 8.68. The molecule has 3 heterocycles. The third-order valence-electron chi connectivity index (χ3n) is 6.35. The van der Waals surface area contributed by atoms with Gasteiger partial charge in [0, 0.05) is 62.2 Å². The summed E-state index contributed by atoms with van der Waals surface area (Å²) >= 11 is 0. The highest BCUT2D eigenvalue weighted by molar-refractivity contribution is 5.77. The molecule has 5 rings (SSSR count). The van der Waals surface area contributed by atoms with Crippen LogP contribution in [0.25, 0.3) is 11.5 Å². The number of imidazole rings is 1. The highest BCUT2D eigenvalue weighted by Gasteiger charge is 2.33. The number of nitrogens with zero attached hydrogens (tertiary/aromatic N) is 5. The van der Waals surface area contributed by atoms with Crippen molar-refractivity contribution in [3.63, 3.8) is 0 Å². The van der Waals surface area contributed by atoms with Crippen LogP contribution in [0.15, 0.2) is 6.20 Å². The van der Waals surface area contributed by atoms with Crippen LogP contribution in [-0.4, -0.2) is 36.7 Å². The maximum Gasteiger partial charge on any atom is 0.223 e. The Morgan fingerprint density at radius 1 is 1.22 bits per heavy atom. The predicted molar refractivity (Wildman–Crippen MR) is 103 cm³/mol. The average molecular weight is 367 g/mol. The molecule has 0 atom stereocenters. The van der Waals surface area contributed by atoms with E-state index in [1.165, 1.54) is 42.6 Å². The summed E-state index contributed by atoms with van der Waals surface area (Å²) < 4.78 is 4.46. The third-order valence-corrected chi connectivity index (χ3v) is 6.35. The minimum atomic E-state index is 0.316. The molecule has 0 saturated heterocycles. The van der Waals surface area contributed by atoms with Crippen LogP contribution in [0.1, 0.15) is 56.0 Å². The molecule has 3 aliphatic rings. The molecule has 2 aliphatic carbocycles. The fraction of sp³-hybridized carbons (Fsp3) is 0.667. The lowest BCUT2D eigenvalue weighted by Gasteiger charge is -2.28. The molecule has 0 bridgehead atoms. The van der Waals surface area contributed by atoms with Gasteiger partial charge >= 0.3 is 0 Å². The molecule has 1 aliphatic heterocycles. The minimum absolute atomic E-state index is 0.316. The molecule has 2 fully saturated rings. The van der Waals surface area contributed by atoms with Crippen molar-refractivity contribution in [2.45, 2.75) is 72.0 Å². The van der Waals surface area contributed by atoms with E-state index in [-0.39, 0.29) is 0 Å². The summed E-state index contributed by atoms with van der Waals surface area (Å²) in [6, 6.07) is 0. The maximum absolute atomic E-state index is 12.7. The molecule has 2 aromatic heterocycles. The van der Waals surface area contributed by atoms with Gasteiger partial charge in [0.15, 0.2) is 5.82 Å². The quantitative estimate of drug-likeness (QED) is 0.788. The summed E-state index contributed by atoms with van der Waals surface area (Å²) in [5.74, 6) is 2.73. The van der Waals surface area contributed by atoms with Gasteiger partial charge in [-0.25, -0.2) is 4.98 Å². The zero-order valence-electron chi connectivity index (χ0n) is 16.4. The Labute approximate surface area is 160 Å². The van der Waals surface area contributed by atoms with E-state index in [9.17, 15) is 4.79 Å². The Kier molecular flexibility index (Phi) is 4.10. The standard InChI is InChI=1S/C21H29N5O/c1-3-26-18-8-9-24(19(27)10-15-4-5-15)13-17(18)20(23-26)21-22-11-14(2)25(21)12-16-6-7-16/h11,15-16H,3-10,12-13H2,1-2H3. The minimum Gasteiger partial charge on any atom is -0.338 e. The van der Waals surface area contributed by atoms with Crippen LogP contribution in [0.4, 0.5) is 0 Å². The lowest BCUT2D eigenvalue weighted by molar-refractivity contribution is -0.132. The van der Waals surface area contributed by atoms with E-state index in [1.807, 2.05) is 11.1 Å². The van der Waals surface area contributed by atoms with Crippen molar-refractivity contribution < 1.29 is 4.79 Å². The first kappa shape index (κ1) is 17.0. The number of aryl methyl sites for hydroxylation is 2. The van der Waals surface area contributed by atoms with Crippen LogP contribution < -0.4 is 0 Å². The van der Waals surface area contributed by atoms with Gasteiger partial charge in [0.2, 0.25) is 5.91 Å². The highest BCUT2D eigenvalue weighted by atomic mass is 16.2. The van der Waals surface area contributed by atoms with Gasteiger partial charge in [0.1, 0.15) is 5.69 Å². The second-order valence-corrected chi connectivity index (χ2v) is 8.58. The lowest BCUT2D eigenvalue weighted by Crippen LogP contribution is -2.36. The number of hydrogen-bond donors (Lipinski definition) is 0. The third kappa shape index (κ3) is 3.19. The first-order valence-electron chi connectivity index (χ1n) is 10.5. The Balaban J connectivity index is 1.49. The van der Waals surface area contributed by atoms with Crippen LogP contribution in [0.2, 0.25) is 0 Å². The van der Waals surface area contributed by atoms with Crippen LogP contribution in [0, 0.1) is 18.8 Å². The van der Waals surface area contributed by atoms with Crippen molar-refractivity contribution in [1.29, 1.82) is 0 Å². The fourth-order valence-corrected chi connectivity index (χ4v) is 4.28. The van der Waals surface area contributed by atoms with Crippen LogP contribution >= 0.6 is 0 Å². The summed E-state index contributed by atoms with van der Waals surface area (Å²) in [4.78, 5) is 19.5. The van der Waals surface area contributed by atoms with Crippen molar-refractivity contribution in [2.24, 2.45) is 11.8 Å². The molecule has 0 aromatic carbocycles. The molecule has 2 aromatic rings. The zero-order chi connectivity index (χ0) is 18.5. The van der Waals surface area contributed by atoms with E-state index < -0.39 is 0 Å². The summed E-state index contributed by atoms with van der Waals surface area (Å²) in [6.45, 7) is 7.68. The number of rotatable bonds is 6. The van der Waals surface area contributed by atoms with E-state index in [4.69, 9.17) is 10.1 Å². The number of amides is 1. The molecule has 0 unspecified atom stereocenters. The normalized spacial score (nSPS) is 19.4. The van der Waals surface area contributed by atoms with Crippen molar-refractivity contribution in [3.8, 4) is 11.5 Å². The molecule has 0 N–H and O–H groups in total. The molecule has 0 radical (unpaired) electrons. The van der Waals surface area contributed by atoms with Gasteiger partial charge in [-0.15, -0.1) is 0 Å². The largest absolute Gasteiger partial charge is 0.338 e. The van der Waals surface area contributed by atoms with Gasteiger partial charge < -0.3 is 9.47 Å². The first-order chi connectivity index (χ1) is 13.1. The second-order valence-electron chi connectivity index (χ2n) is 8.58. The van der Waals surface area contributed by atoms with E-state index in [2.05, 4.69) is 23.1 Å². The summed E-state index contributed by atoms with van der Waals surface area (Å²) in [5, 5.41) is 4.94. The number of carbonyl (C=O) groups is 1. The van der Waals surface area contributed by atoms with Crippen LogP contribution in [-0.2, 0) is 30.8 Å². The van der Waals surface area contributed by atoms with Gasteiger partial charge in [0.05, 0.1) is 0 Å². The smallest absolute Gasteiger partial charge is 0.223 e. The summed E-state index contributed by atoms with van der Waals surface area (Å²) in [7, 11) is 0. The highest BCUT2D eigenvalue weighted by Crippen LogP contribution is 2.36. The molecule has 0 spiro atoms. The Morgan fingerprint density at radius 3 is 2.70 bits per heavy atom. The van der Waals surface area contributed by atoms with E-state index in [0.717, 1.165) is 49.9 Å². The SMILES string of the molecule is CCn1nc(-c2ncc(C)n2CC2CC2)c2c1CCN(C(=O)CC1CC1)C2. The first-order valence-corrected chi connectivity index (χ1v) is 10.5. The van der Waals surface area contributed by atoms with Gasteiger partial charge in [-0.05, 0) is 51.4 Å². The summed E-state index contributed by atoms with van der Waals surface area (Å²) in [5.41, 5.74) is 4.70. The van der Waals surface area contributed by atoms with E-state index >= 15 is 0 Å². The zero-order valence-corrected chi connectivity index (χ0v) is 16.4. The number of aromatic nitrogens is 4.